The standard InChI is InChI=1S/C17H24FN5O2S/c1-8(2)4-13(16(20)24)22-10-6-11(18)15(17(21)25)12(7-10)23-14(26)5-9(3)19/h5-8,13,22H,4,19H2,1-3H3,(H2,20,24)(H2,21,25)(H,23,26). The molecule has 0 heterocycles. The maximum absolute atomic E-state index is 14.4. The lowest BCUT2D eigenvalue weighted by Crippen LogP contribution is -2.36. The van der Waals surface area contributed by atoms with Gasteiger partial charge in [0.25, 0.3) is 5.91 Å². The Bertz CT molecular complexity index is 745. The Morgan fingerprint density at radius 1 is 1.27 bits per heavy atom. The van der Waals surface area contributed by atoms with Gasteiger partial charge in [0.05, 0.1) is 11.3 Å². The van der Waals surface area contributed by atoms with Crippen LogP contribution in [-0.4, -0.2) is 22.8 Å². The number of amides is 2. The van der Waals surface area contributed by atoms with E-state index < -0.39 is 23.7 Å². The molecule has 0 spiro atoms. The van der Waals surface area contributed by atoms with Gasteiger partial charge in [-0.2, -0.15) is 0 Å². The van der Waals surface area contributed by atoms with Gasteiger partial charge >= 0.3 is 0 Å². The van der Waals surface area contributed by atoms with E-state index in [2.05, 4.69) is 10.6 Å². The SMILES string of the molecule is CC(N)=CC(=S)Nc1cc(NC(CC(C)C)C(N)=O)cc(F)c1C(N)=O. The monoisotopic (exact) mass is 381 g/mol. The van der Waals surface area contributed by atoms with Gasteiger partial charge in [-0.3, -0.25) is 9.59 Å². The molecule has 0 aliphatic carbocycles. The Balaban J connectivity index is 3.27. The fourth-order valence-electron chi connectivity index (χ4n) is 2.33. The van der Waals surface area contributed by atoms with Crippen LogP contribution in [0, 0.1) is 11.7 Å². The van der Waals surface area contributed by atoms with Crippen LogP contribution < -0.4 is 27.8 Å². The van der Waals surface area contributed by atoms with Crippen molar-refractivity contribution < 1.29 is 14.0 Å². The van der Waals surface area contributed by atoms with Crippen molar-refractivity contribution in [1.29, 1.82) is 0 Å². The Kier molecular flexibility index (Phi) is 7.51. The van der Waals surface area contributed by atoms with Crippen molar-refractivity contribution in [2.75, 3.05) is 10.6 Å². The number of hydrogen-bond acceptors (Lipinski definition) is 5. The fraction of sp³-hybridized carbons (Fsp3) is 0.353. The maximum Gasteiger partial charge on any atom is 0.253 e. The minimum atomic E-state index is -0.957. The summed E-state index contributed by atoms with van der Waals surface area (Å²) in [6, 6.07) is 1.82. The molecule has 2 amide bonds. The highest BCUT2D eigenvalue weighted by atomic mass is 32.1. The van der Waals surface area contributed by atoms with Crippen LogP contribution in [0.1, 0.15) is 37.6 Å². The molecule has 0 fully saturated rings. The molecule has 0 aliphatic heterocycles. The quantitative estimate of drug-likeness (QED) is 0.344. The molecule has 0 bridgehead atoms. The minimum Gasteiger partial charge on any atom is -0.402 e. The molecular weight excluding hydrogens is 357 g/mol. The molecule has 1 atom stereocenters. The minimum absolute atomic E-state index is 0.0651. The van der Waals surface area contributed by atoms with Gasteiger partial charge in [-0.05, 0) is 37.5 Å². The van der Waals surface area contributed by atoms with Gasteiger partial charge in [0, 0.05) is 11.4 Å². The number of thiocarbonyl (C=S) groups is 1. The van der Waals surface area contributed by atoms with E-state index in [1.165, 1.54) is 12.1 Å². The van der Waals surface area contributed by atoms with E-state index in [4.69, 9.17) is 29.4 Å². The molecule has 0 saturated heterocycles. The third-order valence-corrected chi connectivity index (χ3v) is 3.56. The molecule has 0 aromatic heterocycles. The van der Waals surface area contributed by atoms with Gasteiger partial charge in [-0.1, -0.05) is 26.1 Å². The molecule has 1 aromatic carbocycles. The second kappa shape index (κ2) is 9.14. The Morgan fingerprint density at radius 2 is 1.88 bits per heavy atom. The van der Waals surface area contributed by atoms with Crippen LogP contribution in [-0.2, 0) is 4.79 Å². The average Bonchev–Trinajstić information content (AvgIpc) is 2.43. The highest BCUT2D eigenvalue weighted by Gasteiger charge is 2.21. The number of anilines is 2. The van der Waals surface area contributed by atoms with Gasteiger partial charge in [0.15, 0.2) is 0 Å². The summed E-state index contributed by atoms with van der Waals surface area (Å²) in [4.78, 5) is 23.4. The van der Waals surface area contributed by atoms with E-state index in [0.717, 1.165) is 6.07 Å². The zero-order valence-corrected chi connectivity index (χ0v) is 15.7. The molecule has 142 valence electrons. The van der Waals surface area contributed by atoms with Gasteiger partial charge in [-0.25, -0.2) is 4.39 Å². The summed E-state index contributed by atoms with van der Waals surface area (Å²) in [6.45, 7) is 5.49. The van der Waals surface area contributed by atoms with Crippen molar-refractivity contribution in [3.8, 4) is 0 Å². The summed E-state index contributed by atoms with van der Waals surface area (Å²) in [5.74, 6) is -2.18. The molecule has 1 unspecified atom stereocenters. The van der Waals surface area contributed by atoms with Crippen molar-refractivity contribution in [2.24, 2.45) is 23.1 Å². The van der Waals surface area contributed by atoms with Crippen molar-refractivity contribution in [2.45, 2.75) is 33.2 Å². The van der Waals surface area contributed by atoms with Crippen molar-refractivity contribution in [3.63, 3.8) is 0 Å². The van der Waals surface area contributed by atoms with E-state index in [1.807, 2.05) is 13.8 Å². The summed E-state index contributed by atoms with van der Waals surface area (Å²) in [7, 11) is 0. The first-order valence-corrected chi connectivity index (χ1v) is 8.36. The molecule has 1 aromatic rings. The highest BCUT2D eigenvalue weighted by molar-refractivity contribution is 7.81. The van der Waals surface area contributed by atoms with Gasteiger partial charge in [-0.15, -0.1) is 0 Å². The maximum atomic E-state index is 14.4. The smallest absolute Gasteiger partial charge is 0.253 e. The van der Waals surface area contributed by atoms with E-state index in [9.17, 15) is 14.0 Å². The summed E-state index contributed by atoms with van der Waals surface area (Å²) >= 11 is 5.09. The highest BCUT2D eigenvalue weighted by Crippen LogP contribution is 2.26. The van der Waals surface area contributed by atoms with Crippen molar-refractivity contribution in [3.05, 3.63) is 35.3 Å². The second-order valence-electron chi connectivity index (χ2n) is 6.35. The van der Waals surface area contributed by atoms with E-state index >= 15 is 0 Å². The van der Waals surface area contributed by atoms with Gasteiger partial charge in [0.1, 0.15) is 16.8 Å². The van der Waals surface area contributed by atoms with E-state index in [0.29, 0.717) is 12.1 Å². The fourth-order valence-corrected chi connectivity index (χ4v) is 2.63. The molecule has 8 N–H and O–H groups in total. The van der Waals surface area contributed by atoms with Gasteiger partial charge < -0.3 is 27.8 Å². The molecule has 0 radical (unpaired) electrons. The van der Waals surface area contributed by atoms with Crippen LogP contribution >= 0.6 is 12.2 Å². The largest absolute Gasteiger partial charge is 0.402 e. The first-order chi connectivity index (χ1) is 12.0. The molecule has 1 rings (SSSR count). The van der Waals surface area contributed by atoms with Crippen LogP contribution in [0.4, 0.5) is 15.8 Å². The predicted molar refractivity (Wildman–Crippen MR) is 105 cm³/mol. The second-order valence-corrected chi connectivity index (χ2v) is 6.79. The van der Waals surface area contributed by atoms with Crippen LogP contribution in [0.15, 0.2) is 23.9 Å². The number of carbonyl (C=O) groups excluding carboxylic acids is 2. The predicted octanol–water partition coefficient (Wildman–Crippen LogP) is 1.84. The molecule has 0 saturated carbocycles. The lowest BCUT2D eigenvalue weighted by Gasteiger charge is -2.20. The first-order valence-electron chi connectivity index (χ1n) is 7.95. The summed E-state index contributed by atoms with van der Waals surface area (Å²) in [5.41, 5.74) is 16.6. The molecule has 0 aliphatic rings. The average molecular weight is 381 g/mol. The van der Waals surface area contributed by atoms with Crippen molar-refractivity contribution in [1.82, 2.24) is 0 Å². The number of rotatable bonds is 8. The van der Waals surface area contributed by atoms with Crippen LogP contribution in [0.2, 0.25) is 0 Å². The number of halogens is 1. The third-order valence-electron chi connectivity index (χ3n) is 3.34. The van der Waals surface area contributed by atoms with Crippen LogP contribution in [0.5, 0.6) is 0 Å². The van der Waals surface area contributed by atoms with Crippen LogP contribution in [0.3, 0.4) is 0 Å². The Hall–Kier alpha value is -2.68. The first kappa shape index (κ1) is 21.4. The molecule has 26 heavy (non-hydrogen) atoms. The Morgan fingerprint density at radius 3 is 2.35 bits per heavy atom. The number of allylic oxidation sites excluding steroid dienone is 1. The lowest BCUT2D eigenvalue weighted by atomic mass is 10.0. The Labute approximate surface area is 157 Å². The van der Waals surface area contributed by atoms with E-state index in [-0.39, 0.29) is 27.8 Å². The third kappa shape index (κ3) is 6.32. The van der Waals surface area contributed by atoms with Crippen molar-refractivity contribution >= 4 is 40.4 Å². The molecule has 9 heteroatoms. The molecular formula is C17H24FN5O2S. The summed E-state index contributed by atoms with van der Waals surface area (Å²) in [6.07, 6.45) is 1.91. The van der Waals surface area contributed by atoms with Gasteiger partial charge in [0.2, 0.25) is 5.91 Å². The number of carbonyl (C=O) groups is 2. The number of nitrogens with two attached hydrogens (primary N) is 3. The number of hydrogen-bond donors (Lipinski definition) is 5. The number of benzene rings is 1. The normalized spacial score (nSPS) is 12.6. The zero-order valence-electron chi connectivity index (χ0n) is 14.9. The summed E-state index contributed by atoms with van der Waals surface area (Å²) < 4.78 is 14.4. The topological polar surface area (TPSA) is 136 Å². The number of primary amides is 2. The van der Waals surface area contributed by atoms with E-state index in [1.54, 1.807) is 6.92 Å². The van der Waals surface area contributed by atoms with Crippen LogP contribution in [0.25, 0.3) is 0 Å². The molecule has 7 nitrogen and oxygen atoms in total. The number of nitrogens with one attached hydrogen (secondary N) is 2. The lowest BCUT2D eigenvalue weighted by molar-refractivity contribution is -0.119. The zero-order chi connectivity index (χ0) is 20.0. The summed E-state index contributed by atoms with van der Waals surface area (Å²) in [5, 5.41) is 5.61.